The molecule has 1 heterocycles. The van der Waals surface area contributed by atoms with Gasteiger partial charge in [0.15, 0.2) is 5.78 Å². The quantitative estimate of drug-likeness (QED) is 0.564. The van der Waals surface area contributed by atoms with E-state index in [2.05, 4.69) is 0 Å². The fourth-order valence-electron chi connectivity index (χ4n) is 1.66. The summed E-state index contributed by atoms with van der Waals surface area (Å²) < 4.78 is 5.40. The molecule has 0 aromatic rings. The lowest BCUT2D eigenvalue weighted by atomic mass is 9.86. The van der Waals surface area contributed by atoms with E-state index in [0.29, 0.717) is 5.57 Å². The monoisotopic (exact) mass is 176 g/mol. The summed E-state index contributed by atoms with van der Waals surface area (Å²) >= 11 is 0. The summed E-state index contributed by atoms with van der Waals surface area (Å²) in [6, 6.07) is 0. The Hall–Kier alpha value is -1.31. The maximum Gasteiger partial charge on any atom is 0.172 e. The maximum atomic E-state index is 11.7. The third-order valence-corrected chi connectivity index (χ3v) is 2.44. The highest BCUT2D eigenvalue weighted by Gasteiger charge is 2.31. The van der Waals surface area contributed by atoms with Crippen LogP contribution in [0.3, 0.4) is 0 Å². The van der Waals surface area contributed by atoms with Gasteiger partial charge in [0, 0.05) is 5.57 Å². The summed E-state index contributed by atoms with van der Waals surface area (Å²) in [5.41, 5.74) is 1.84. The summed E-state index contributed by atoms with van der Waals surface area (Å²) in [7, 11) is 0. The zero-order valence-corrected chi connectivity index (χ0v) is 7.78. The number of rotatable bonds is 0. The number of ketones is 1. The molecule has 1 aliphatic carbocycles. The predicted octanol–water partition coefficient (Wildman–Crippen LogP) is 1.99. The molecule has 2 nitrogen and oxygen atoms in total. The lowest BCUT2D eigenvalue weighted by Crippen LogP contribution is -2.32. The van der Waals surface area contributed by atoms with Crippen molar-refractivity contribution >= 4 is 5.78 Å². The summed E-state index contributed by atoms with van der Waals surface area (Å²) in [6.45, 7) is 3.79. The minimum absolute atomic E-state index is 0.0834. The Labute approximate surface area is 77.6 Å². The zero-order chi connectivity index (χ0) is 9.42. The Balaban J connectivity index is 2.35. The van der Waals surface area contributed by atoms with Gasteiger partial charge in [-0.1, -0.05) is 17.7 Å². The number of ether oxygens (including phenoxy) is 1. The fraction of sp³-hybridized carbons (Fsp3) is 0.364. The SMILES string of the molecule is CC1=CC2C(=O)C(C)=COC2C=C1. The summed E-state index contributed by atoms with van der Waals surface area (Å²) in [6.07, 6.45) is 7.38. The van der Waals surface area contributed by atoms with Crippen LogP contribution in [0.1, 0.15) is 13.8 Å². The second-order valence-corrected chi connectivity index (χ2v) is 3.56. The molecule has 0 spiro atoms. The number of carbonyl (C=O) groups excluding carboxylic acids is 1. The number of Topliss-reactive ketones (excluding diaryl/α,β-unsaturated/α-hetero) is 1. The van der Waals surface area contributed by atoms with Crippen molar-refractivity contribution in [1.29, 1.82) is 0 Å². The minimum atomic E-state index is -0.102. The Bertz CT molecular complexity index is 334. The first kappa shape index (κ1) is 8.30. The third kappa shape index (κ3) is 1.32. The van der Waals surface area contributed by atoms with Crippen molar-refractivity contribution in [2.75, 3.05) is 0 Å². The second kappa shape index (κ2) is 2.87. The van der Waals surface area contributed by atoms with Crippen molar-refractivity contribution in [2.24, 2.45) is 5.92 Å². The maximum absolute atomic E-state index is 11.7. The van der Waals surface area contributed by atoms with Crippen LogP contribution < -0.4 is 0 Å². The number of hydrogen-bond acceptors (Lipinski definition) is 2. The van der Waals surface area contributed by atoms with Gasteiger partial charge in [-0.2, -0.15) is 0 Å². The molecule has 0 bridgehead atoms. The molecule has 0 saturated heterocycles. The molecule has 0 radical (unpaired) electrons. The summed E-state index contributed by atoms with van der Waals surface area (Å²) in [5.74, 6) is 0.0787. The van der Waals surface area contributed by atoms with E-state index in [1.165, 1.54) is 0 Å². The van der Waals surface area contributed by atoms with Gasteiger partial charge in [-0.05, 0) is 19.9 Å². The Kier molecular flexibility index (Phi) is 1.83. The van der Waals surface area contributed by atoms with E-state index in [1.54, 1.807) is 13.2 Å². The molecule has 0 amide bonds. The fourth-order valence-corrected chi connectivity index (χ4v) is 1.66. The predicted molar refractivity (Wildman–Crippen MR) is 50.0 cm³/mol. The van der Waals surface area contributed by atoms with Crippen LogP contribution in [0.15, 0.2) is 35.6 Å². The summed E-state index contributed by atoms with van der Waals surface area (Å²) in [4.78, 5) is 11.7. The average Bonchev–Trinajstić information content (AvgIpc) is 2.12. The highest BCUT2D eigenvalue weighted by atomic mass is 16.5. The highest BCUT2D eigenvalue weighted by Crippen LogP contribution is 2.27. The number of allylic oxidation sites excluding steroid dienone is 3. The Morgan fingerprint density at radius 2 is 2.15 bits per heavy atom. The molecule has 0 fully saturated rings. The van der Waals surface area contributed by atoms with E-state index in [4.69, 9.17) is 4.74 Å². The van der Waals surface area contributed by atoms with Crippen LogP contribution in [0.2, 0.25) is 0 Å². The highest BCUT2D eigenvalue weighted by molar-refractivity contribution is 5.99. The van der Waals surface area contributed by atoms with E-state index in [9.17, 15) is 4.79 Å². The van der Waals surface area contributed by atoms with Gasteiger partial charge in [-0.3, -0.25) is 4.79 Å². The van der Waals surface area contributed by atoms with Crippen molar-refractivity contribution < 1.29 is 9.53 Å². The molecular formula is C11H12O2. The Morgan fingerprint density at radius 1 is 1.38 bits per heavy atom. The van der Waals surface area contributed by atoms with Crippen LogP contribution in [0, 0.1) is 5.92 Å². The molecule has 68 valence electrons. The molecule has 2 unspecified atom stereocenters. The van der Waals surface area contributed by atoms with Gasteiger partial charge in [-0.25, -0.2) is 0 Å². The first-order valence-corrected chi connectivity index (χ1v) is 4.41. The van der Waals surface area contributed by atoms with Crippen molar-refractivity contribution in [3.8, 4) is 0 Å². The van der Waals surface area contributed by atoms with E-state index in [0.717, 1.165) is 5.57 Å². The first-order valence-electron chi connectivity index (χ1n) is 4.41. The Morgan fingerprint density at radius 3 is 2.92 bits per heavy atom. The molecule has 1 aliphatic heterocycles. The van der Waals surface area contributed by atoms with E-state index in [1.807, 2.05) is 25.2 Å². The molecule has 0 aromatic heterocycles. The van der Waals surface area contributed by atoms with Crippen LogP contribution in [-0.4, -0.2) is 11.9 Å². The number of hydrogen-bond donors (Lipinski definition) is 0. The van der Waals surface area contributed by atoms with Gasteiger partial charge in [-0.15, -0.1) is 0 Å². The molecule has 2 rings (SSSR count). The summed E-state index contributed by atoms with van der Waals surface area (Å²) in [5, 5.41) is 0. The van der Waals surface area contributed by atoms with Gasteiger partial charge < -0.3 is 4.74 Å². The van der Waals surface area contributed by atoms with E-state index in [-0.39, 0.29) is 17.8 Å². The molecule has 2 heteroatoms. The molecule has 0 N–H and O–H groups in total. The average molecular weight is 176 g/mol. The zero-order valence-electron chi connectivity index (χ0n) is 7.78. The largest absolute Gasteiger partial charge is 0.492 e. The topological polar surface area (TPSA) is 26.3 Å². The van der Waals surface area contributed by atoms with Gasteiger partial charge in [0.2, 0.25) is 0 Å². The van der Waals surface area contributed by atoms with Crippen molar-refractivity contribution in [3.05, 3.63) is 35.6 Å². The normalized spacial score (nSPS) is 31.7. The van der Waals surface area contributed by atoms with Gasteiger partial charge in [0.05, 0.1) is 12.2 Å². The van der Waals surface area contributed by atoms with Crippen LogP contribution in [0.5, 0.6) is 0 Å². The van der Waals surface area contributed by atoms with E-state index < -0.39 is 0 Å². The smallest absolute Gasteiger partial charge is 0.172 e. The van der Waals surface area contributed by atoms with E-state index >= 15 is 0 Å². The van der Waals surface area contributed by atoms with Crippen LogP contribution in [0.25, 0.3) is 0 Å². The van der Waals surface area contributed by atoms with Crippen molar-refractivity contribution in [3.63, 3.8) is 0 Å². The minimum Gasteiger partial charge on any atom is -0.492 e. The van der Waals surface area contributed by atoms with Crippen molar-refractivity contribution in [2.45, 2.75) is 20.0 Å². The first-order chi connectivity index (χ1) is 6.18. The number of carbonyl (C=O) groups is 1. The van der Waals surface area contributed by atoms with Crippen LogP contribution in [-0.2, 0) is 9.53 Å². The van der Waals surface area contributed by atoms with Crippen LogP contribution in [0.4, 0.5) is 0 Å². The molecule has 13 heavy (non-hydrogen) atoms. The van der Waals surface area contributed by atoms with Gasteiger partial charge in [0.1, 0.15) is 6.10 Å². The lowest BCUT2D eigenvalue weighted by Gasteiger charge is -2.28. The lowest BCUT2D eigenvalue weighted by molar-refractivity contribution is -0.121. The molecular weight excluding hydrogens is 164 g/mol. The number of fused-ring (bicyclic) bond motifs is 1. The molecule has 0 aromatic carbocycles. The van der Waals surface area contributed by atoms with Crippen LogP contribution >= 0.6 is 0 Å². The third-order valence-electron chi connectivity index (χ3n) is 2.44. The molecule has 2 aliphatic rings. The molecule has 2 atom stereocenters. The van der Waals surface area contributed by atoms with Crippen molar-refractivity contribution in [1.82, 2.24) is 0 Å². The van der Waals surface area contributed by atoms with Gasteiger partial charge in [0.25, 0.3) is 0 Å². The van der Waals surface area contributed by atoms with Gasteiger partial charge >= 0.3 is 0 Å². The second-order valence-electron chi connectivity index (χ2n) is 3.56. The standard InChI is InChI=1S/C11H12O2/c1-7-3-4-10-9(5-7)11(12)8(2)6-13-10/h3-6,9-10H,1-2H3. The molecule has 0 saturated carbocycles.